The predicted molar refractivity (Wildman–Crippen MR) is 87.0 cm³/mol. The highest BCUT2D eigenvalue weighted by Crippen LogP contribution is 2.32. The van der Waals surface area contributed by atoms with Crippen LogP contribution in [0.3, 0.4) is 0 Å². The van der Waals surface area contributed by atoms with E-state index in [1.807, 2.05) is 18.3 Å². The molecule has 2 heterocycles. The first kappa shape index (κ1) is 14.7. The van der Waals surface area contributed by atoms with Gasteiger partial charge >= 0.3 is 0 Å². The van der Waals surface area contributed by atoms with Gasteiger partial charge in [0, 0.05) is 18.9 Å². The number of benzene rings is 1. The first-order valence-corrected chi connectivity index (χ1v) is 7.92. The molecule has 1 saturated heterocycles. The van der Waals surface area contributed by atoms with E-state index in [9.17, 15) is 5.26 Å². The number of hydrogen-bond donors (Lipinski definition) is 0. The summed E-state index contributed by atoms with van der Waals surface area (Å²) in [6, 6.07) is 17.0. The molecule has 3 nitrogen and oxygen atoms in total. The second kappa shape index (κ2) is 7.20. The monoisotopic (exact) mass is 291 g/mol. The van der Waals surface area contributed by atoms with E-state index in [1.165, 1.54) is 5.56 Å². The average molecular weight is 291 g/mol. The summed E-state index contributed by atoms with van der Waals surface area (Å²) in [5.41, 5.74) is 2.43. The van der Waals surface area contributed by atoms with Crippen LogP contribution in [0, 0.1) is 17.2 Å². The van der Waals surface area contributed by atoms with E-state index in [2.05, 4.69) is 46.3 Å². The number of rotatable bonds is 4. The number of hydrogen-bond acceptors (Lipinski definition) is 3. The summed E-state index contributed by atoms with van der Waals surface area (Å²) in [4.78, 5) is 6.65. The quantitative estimate of drug-likeness (QED) is 0.864. The van der Waals surface area contributed by atoms with Crippen LogP contribution in [0.15, 0.2) is 54.9 Å². The van der Waals surface area contributed by atoms with E-state index >= 15 is 0 Å². The molecule has 1 aliphatic rings. The highest BCUT2D eigenvalue weighted by atomic mass is 15.1. The fraction of sp³-hybridized carbons (Fsp3) is 0.368. The third kappa shape index (κ3) is 3.52. The molecule has 3 rings (SSSR count). The van der Waals surface area contributed by atoms with E-state index in [0.29, 0.717) is 5.92 Å². The first-order valence-electron chi connectivity index (χ1n) is 7.92. The van der Waals surface area contributed by atoms with E-state index in [1.54, 1.807) is 6.20 Å². The van der Waals surface area contributed by atoms with Crippen molar-refractivity contribution in [3.63, 3.8) is 0 Å². The molecule has 22 heavy (non-hydrogen) atoms. The van der Waals surface area contributed by atoms with Gasteiger partial charge in [0.15, 0.2) is 0 Å². The Morgan fingerprint density at radius 3 is 2.55 bits per heavy atom. The minimum absolute atomic E-state index is 0.0208. The zero-order valence-corrected chi connectivity index (χ0v) is 12.7. The molecule has 3 heteroatoms. The van der Waals surface area contributed by atoms with Gasteiger partial charge < -0.3 is 0 Å². The number of nitriles is 1. The molecule has 0 N–H and O–H groups in total. The van der Waals surface area contributed by atoms with Gasteiger partial charge in [-0.15, -0.1) is 0 Å². The van der Waals surface area contributed by atoms with Crippen LogP contribution >= 0.6 is 0 Å². The Bertz CT molecular complexity index is 610. The molecule has 0 saturated carbocycles. The number of likely N-dealkylation sites (tertiary alicyclic amines) is 1. The van der Waals surface area contributed by atoms with Crippen molar-refractivity contribution in [3.05, 3.63) is 66.0 Å². The maximum Gasteiger partial charge on any atom is 0.0756 e. The fourth-order valence-corrected chi connectivity index (χ4v) is 3.30. The molecule has 2 aromatic rings. The van der Waals surface area contributed by atoms with Gasteiger partial charge in [-0.25, -0.2) is 0 Å². The average Bonchev–Trinajstić information content (AvgIpc) is 2.59. The van der Waals surface area contributed by atoms with E-state index < -0.39 is 0 Å². The summed E-state index contributed by atoms with van der Waals surface area (Å²) in [5.74, 6) is 0.425. The van der Waals surface area contributed by atoms with Gasteiger partial charge in [-0.3, -0.25) is 9.88 Å². The molecular weight excluding hydrogens is 270 g/mol. The Balaban J connectivity index is 1.58. The number of piperidine rings is 1. The normalized spacial score (nSPS) is 17.8. The Morgan fingerprint density at radius 1 is 1.14 bits per heavy atom. The van der Waals surface area contributed by atoms with Crippen molar-refractivity contribution in [2.75, 3.05) is 13.1 Å². The lowest BCUT2D eigenvalue weighted by Gasteiger charge is -2.34. The van der Waals surface area contributed by atoms with Gasteiger partial charge in [-0.1, -0.05) is 36.4 Å². The van der Waals surface area contributed by atoms with Gasteiger partial charge in [0.25, 0.3) is 0 Å². The molecule has 0 bridgehead atoms. The van der Waals surface area contributed by atoms with Crippen molar-refractivity contribution in [1.82, 2.24) is 9.88 Å². The van der Waals surface area contributed by atoms with Crippen LogP contribution in [0.5, 0.6) is 0 Å². The molecule has 1 fully saturated rings. The van der Waals surface area contributed by atoms with Gasteiger partial charge in [0.2, 0.25) is 0 Å². The minimum Gasteiger partial charge on any atom is -0.299 e. The summed E-state index contributed by atoms with van der Waals surface area (Å²) in [5, 5.41) is 9.54. The van der Waals surface area contributed by atoms with Gasteiger partial charge in [0.05, 0.1) is 12.0 Å². The van der Waals surface area contributed by atoms with Crippen LogP contribution in [0.25, 0.3) is 0 Å². The van der Waals surface area contributed by atoms with Crippen molar-refractivity contribution in [2.24, 2.45) is 5.92 Å². The Hall–Kier alpha value is -2.18. The molecule has 1 aromatic carbocycles. The van der Waals surface area contributed by atoms with Gasteiger partial charge in [-0.2, -0.15) is 5.26 Å². The summed E-state index contributed by atoms with van der Waals surface area (Å²) < 4.78 is 0. The van der Waals surface area contributed by atoms with E-state index in [0.717, 1.165) is 38.0 Å². The summed E-state index contributed by atoms with van der Waals surface area (Å²) >= 11 is 0. The van der Waals surface area contributed by atoms with Crippen molar-refractivity contribution < 1.29 is 0 Å². The van der Waals surface area contributed by atoms with E-state index in [-0.39, 0.29) is 5.92 Å². The standard InChI is InChI=1S/C19H21N3/c20-13-19(18-7-4-10-21-14-18)17-8-11-22(12-9-17)15-16-5-2-1-3-6-16/h1-7,10,14,17,19H,8-9,11-12,15H2. The molecule has 1 aromatic heterocycles. The predicted octanol–water partition coefficient (Wildman–Crippen LogP) is 3.60. The summed E-state index contributed by atoms with van der Waals surface area (Å²) in [6.07, 6.45) is 5.77. The zero-order valence-electron chi connectivity index (χ0n) is 12.7. The highest BCUT2D eigenvalue weighted by Gasteiger charge is 2.27. The minimum atomic E-state index is -0.0208. The number of nitrogens with zero attached hydrogens (tertiary/aromatic N) is 3. The number of pyridine rings is 1. The van der Waals surface area contributed by atoms with Crippen LogP contribution in [-0.2, 0) is 6.54 Å². The Labute approximate surface area is 132 Å². The third-order valence-electron chi connectivity index (χ3n) is 4.54. The SMILES string of the molecule is N#CC(c1cccnc1)C1CCN(Cc2ccccc2)CC1. The third-order valence-corrected chi connectivity index (χ3v) is 4.54. The second-order valence-corrected chi connectivity index (χ2v) is 5.99. The van der Waals surface area contributed by atoms with Crippen LogP contribution in [0.2, 0.25) is 0 Å². The van der Waals surface area contributed by atoms with Crippen LogP contribution in [0.1, 0.15) is 29.9 Å². The zero-order chi connectivity index (χ0) is 15.2. The van der Waals surface area contributed by atoms with Crippen molar-refractivity contribution >= 4 is 0 Å². The lowest BCUT2D eigenvalue weighted by Crippen LogP contribution is -2.35. The topological polar surface area (TPSA) is 39.9 Å². The van der Waals surface area contributed by atoms with Crippen LogP contribution in [-0.4, -0.2) is 23.0 Å². The molecule has 112 valence electrons. The fourth-order valence-electron chi connectivity index (χ4n) is 3.30. The largest absolute Gasteiger partial charge is 0.299 e. The molecule has 0 radical (unpaired) electrons. The van der Waals surface area contributed by atoms with Crippen molar-refractivity contribution in [2.45, 2.75) is 25.3 Å². The van der Waals surface area contributed by atoms with E-state index in [4.69, 9.17) is 0 Å². The molecule has 0 aliphatic carbocycles. The maximum absolute atomic E-state index is 9.54. The van der Waals surface area contributed by atoms with Gasteiger partial charge in [-0.05, 0) is 49.0 Å². The molecule has 0 spiro atoms. The lowest BCUT2D eigenvalue weighted by molar-refractivity contribution is 0.171. The maximum atomic E-state index is 9.54. The molecular formula is C19H21N3. The first-order chi connectivity index (χ1) is 10.9. The second-order valence-electron chi connectivity index (χ2n) is 5.99. The molecule has 0 amide bonds. The molecule has 1 atom stereocenters. The summed E-state index contributed by atoms with van der Waals surface area (Å²) in [7, 11) is 0. The lowest BCUT2D eigenvalue weighted by atomic mass is 9.81. The van der Waals surface area contributed by atoms with Crippen LogP contribution in [0.4, 0.5) is 0 Å². The Kier molecular flexibility index (Phi) is 4.82. The number of aromatic nitrogens is 1. The van der Waals surface area contributed by atoms with Crippen LogP contribution < -0.4 is 0 Å². The molecule has 1 aliphatic heterocycles. The highest BCUT2D eigenvalue weighted by molar-refractivity contribution is 5.23. The van der Waals surface area contributed by atoms with Crippen molar-refractivity contribution in [1.29, 1.82) is 5.26 Å². The van der Waals surface area contributed by atoms with Crippen molar-refractivity contribution in [3.8, 4) is 6.07 Å². The smallest absolute Gasteiger partial charge is 0.0756 e. The summed E-state index contributed by atoms with van der Waals surface area (Å²) in [6.45, 7) is 3.15. The molecule has 1 unspecified atom stereocenters. The Morgan fingerprint density at radius 2 is 1.91 bits per heavy atom. The van der Waals surface area contributed by atoms with Gasteiger partial charge in [0.1, 0.15) is 0 Å².